The largest absolute Gasteiger partial charge is 0.311 e. The molecule has 6 aliphatic rings. The average molecular weight is 1810 g/mol. The fraction of sp³-hybridized carbons (Fsp3) is 0.274. The van der Waals surface area contributed by atoms with E-state index in [1.165, 1.54) is 132 Å². The molecule has 0 spiro atoms. The summed E-state index contributed by atoms with van der Waals surface area (Å²) in [6.45, 7) is 66.0. The van der Waals surface area contributed by atoms with E-state index in [0.29, 0.717) is 0 Å². The van der Waals surface area contributed by atoms with Gasteiger partial charge in [0, 0.05) is 85.3 Å². The van der Waals surface area contributed by atoms with Crippen molar-refractivity contribution in [3.8, 4) is 0 Å². The summed E-state index contributed by atoms with van der Waals surface area (Å²) in [6, 6.07) is 118. The molecule has 0 N–H and O–H groups in total. The molecular weight excluding hydrogens is 1680 g/mol. The molecule has 0 radical (unpaired) electrons. The Morgan fingerprint density at radius 1 is 0.199 bits per heavy atom. The second-order valence-electron chi connectivity index (χ2n) is 48.3. The molecular formula is C124H132B3N7Si2. The molecule has 0 unspecified atom stereocenters. The van der Waals surface area contributed by atoms with Gasteiger partial charge in [-0.25, -0.2) is 0 Å². The highest BCUT2D eigenvalue weighted by Crippen LogP contribution is 2.60. The number of anilines is 21. The van der Waals surface area contributed by atoms with Crippen LogP contribution in [0.15, 0.2) is 291 Å². The van der Waals surface area contributed by atoms with Crippen molar-refractivity contribution in [2.45, 2.75) is 224 Å². The fourth-order valence-electron chi connectivity index (χ4n) is 22.5. The molecule has 0 saturated carbocycles. The molecule has 15 aromatic carbocycles. The van der Waals surface area contributed by atoms with Gasteiger partial charge in [0.2, 0.25) is 0 Å². The van der Waals surface area contributed by atoms with Crippen LogP contribution in [0.25, 0.3) is 0 Å². The lowest BCUT2D eigenvalue weighted by atomic mass is 9.33. The summed E-state index contributed by atoms with van der Waals surface area (Å²) in [6.07, 6.45) is 0. The summed E-state index contributed by atoms with van der Waals surface area (Å²) in [7, 11) is -3.58. The summed E-state index contributed by atoms with van der Waals surface area (Å²) >= 11 is 0. The molecule has 0 amide bonds. The first kappa shape index (κ1) is 90.0. The molecule has 6 aliphatic heterocycles. The molecule has 21 rings (SSSR count). The predicted molar refractivity (Wildman–Crippen MR) is 600 cm³/mol. The minimum Gasteiger partial charge on any atom is -0.311 e. The van der Waals surface area contributed by atoms with Crippen molar-refractivity contribution in [1.82, 2.24) is 0 Å². The smallest absolute Gasteiger partial charge is 0.252 e. The van der Waals surface area contributed by atoms with E-state index in [1.54, 1.807) is 0 Å². The van der Waals surface area contributed by atoms with Gasteiger partial charge in [0.25, 0.3) is 20.1 Å². The zero-order chi connectivity index (χ0) is 96.0. The Labute approximate surface area is 814 Å². The van der Waals surface area contributed by atoms with Gasteiger partial charge in [-0.3, -0.25) is 0 Å². The van der Waals surface area contributed by atoms with Gasteiger partial charge in [-0.05, 0) is 288 Å². The topological polar surface area (TPSA) is 22.7 Å². The number of aryl methyl sites for hydroxylation is 4. The Bertz CT molecular complexity index is 7250. The van der Waals surface area contributed by atoms with Crippen molar-refractivity contribution in [2.75, 3.05) is 34.3 Å². The second kappa shape index (κ2) is 31.5. The van der Waals surface area contributed by atoms with Crippen LogP contribution in [0.1, 0.15) is 180 Å². The molecule has 0 bridgehead atoms. The van der Waals surface area contributed by atoms with E-state index in [4.69, 9.17) is 0 Å². The number of rotatable bonds is 11. The molecule has 0 aliphatic carbocycles. The van der Waals surface area contributed by atoms with Crippen LogP contribution in [-0.4, -0.2) is 36.3 Å². The summed E-state index contributed by atoms with van der Waals surface area (Å²) in [5.74, 6) is 0. The highest BCUT2D eigenvalue weighted by Gasteiger charge is 2.53. The molecule has 680 valence electrons. The summed E-state index contributed by atoms with van der Waals surface area (Å²) in [4.78, 5) is 19.0. The first-order valence-corrected chi connectivity index (χ1v) is 56.6. The van der Waals surface area contributed by atoms with Crippen LogP contribution in [-0.2, 0) is 32.5 Å². The number of fused-ring (bicyclic) bond motifs is 12. The predicted octanol–water partition coefficient (Wildman–Crippen LogP) is 27.5. The SMILES string of the molecule is Cc1ccc(N2c3ccc(C)cc3B3c4cc(C(C)(C)C)ccc4N(c4ccc(C(C)(C)C)cc4)c4c(N(c5ccc6c7c5N(c5ccc(C(C)(C)C)cc5)c5ccc(C(C)(C)C)cc5B7c5cc(C)ccc5N6c5ccc([Si](C)(C)C)cc5)c5ccc6c7c5N(c5ccc(C)cc5)c5ccc(C(C)(C)C)cc5B7c5cc(C(C)(C)C)ccc5N6c5ccc([Si](C)(C)C)cc5)ccc2c43)cc1. The maximum absolute atomic E-state index is 2.85. The third kappa shape index (κ3) is 14.9. The quantitative estimate of drug-likeness (QED) is 0.119. The normalized spacial score (nSPS) is 14.3. The molecule has 15 aromatic rings. The number of nitrogens with zero attached hydrogens (tertiary/aromatic N) is 7. The monoisotopic (exact) mass is 1810 g/mol. The van der Waals surface area contributed by atoms with Crippen molar-refractivity contribution < 1.29 is 0 Å². The van der Waals surface area contributed by atoms with Gasteiger partial charge in [-0.2, -0.15) is 0 Å². The van der Waals surface area contributed by atoms with Crippen molar-refractivity contribution >= 4 is 215 Å². The van der Waals surface area contributed by atoms with Crippen LogP contribution in [0.3, 0.4) is 0 Å². The zero-order valence-corrected chi connectivity index (χ0v) is 87.6. The lowest BCUT2D eigenvalue weighted by Gasteiger charge is -2.49. The van der Waals surface area contributed by atoms with E-state index in [2.05, 4.69) is 517 Å². The molecule has 136 heavy (non-hydrogen) atoms. The van der Waals surface area contributed by atoms with Crippen LogP contribution >= 0.6 is 0 Å². The summed E-state index contributed by atoms with van der Waals surface area (Å²) in [5.41, 5.74) is 46.6. The van der Waals surface area contributed by atoms with E-state index >= 15 is 0 Å². The van der Waals surface area contributed by atoms with Crippen LogP contribution in [0.5, 0.6) is 0 Å². The Balaban J connectivity index is 1.00. The Hall–Kier alpha value is -12.5. The maximum atomic E-state index is 2.85. The van der Waals surface area contributed by atoms with Crippen molar-refractivity contribution in [3.05, 3.63) is 347 Å². The summed E-state index contributed by atoms with van der Waals surface area (Å²) in [5, 5.41) is 2.86. The highest BCUT2D eigenvalue weighted by molar-refractivity contribution is 7.02. The third-order valence-electron chi connectivity index (χ3n) is 30.3. The molecule has 0 atom stereocenters. The maximum Gasteiger partial charge on any atom is 0.252 e. The average Bonchev–Trinajstić information content (AvgIpc) is 0.656. The van der Waals surface area contributed by atoms with Gasteiger partial charge in [-0.1, -0.05) is 342 Å². The number of hydrogen-bond donors (Lipinski definition) is 0. The standard InChI is InChI=1S/C124H132B3N7Si2/c1-77-29-43-87(44-30-77)128-101-59-33-79(3)71-95(101)125-98-74-84(122(14,15)16)40-62-104(98)132(91-47-35-81(36-48-91)119(5,6)7)116-110(68-65-107(128)113(116)125)134(111-69-66-108-114-117(111)133(92-49-37-82(38-50-92)120(8,9)10)105-63-41-85(123(17,18)19)75-99(105)126(114)96-72-80(4)34-60-102(96)129(108)88-51-55-93(56-52-88)135(23,24)25)112-70-67-109-115-118(112)131(90-45-31-78(2)32-46-90)106-64-42-86(124(20,21)22)76-100(106)127(115)97-73-83(121(11,12)13)39-61-103(97)130(109)89-53-57-94(58-54-89)136(26,27)28/h29-76H,1-28H3. The van der Waals surface area contributed by atoms with Gasteiger partial charge in [0.1, 0.15) is 0 Å². The third-order valence-corrected chi connectivity index (χ3v) is 34.4. The Morgan fingerprint density at radius 2 is 0.390 bits per heavy atom. The van der Waals surface area contributed by atoms with Crippen LogP contribution in [0.4, 0.5) is 119 Å². The van der Waals surface area contributed by atoms with Crippen LogP contribution in [0, 0.1) is 27.7 Å². The zero-order valence-electron chi connectivity index (χ0n) is 85.6. The van der Waals surface area contributed by atoms with E-state index in [1.807, 2.05) is 0 Å². The van der Waals surface area contributed by atoms with Gasteiger partial charge in [0.15, 0.2) is 0 Å². The van der Waals surface area contributed by atoms with Crippen molar-refractivity contribution in [1.29, 1.82) is 0 Å². The van der Waals surface area contributed by atoms with Gasteiger partial charge in [-0.15, -0.1) is 0 Å². The van der Waals surface area contributed by atoms with E-state index in [9.17, 15) is 0 Å². The lowest BCUT2D eigenvalue weighted by Crippen LogP contribution is -2.62. The van der Waals surface area contributed by atoms with Crippen molar-refractivity contribution in [2.24, 2.45) is 0 Å². The molecule has 6 heterocycles. The summed E-state index contributed by atoms with van der Waals surface area (Å²) < 4.78 is 0. The fourth-order valence-corrected chi connectivity index (χ4v) is 24.9. The second-order valence-corrected chi connectivity index (χ2v) is 58.5. The van der Waals surface area contributed by atoms with Crippen LogP contribution < -0.4 is 93.8 Å². The molecule has 0 aromatic heterocycles. The molecule has 7 nitrogen and oxygen atoms in total. The van der Waals surface area contributed by atoms with Gasteiger partial charge in [0.05, 0.1) is 50.3 Å². The van der Waals surface area contributed by atoms with Crippen molar-refractivity contribution in [3.63, 3.8) is 0 Å². The number of hydrogen-bond acceptors (Lipinski definition) is 7. The van der Waals surface area contributed by atoms with E-state index in [-0.39, 0.29) is 52.6 Å². The first-order valence-electron chi connectivity index (χ1n) is 49.6. The molecule has 0 fully saturated rings. The van der Waals surface area contributed by atoms with E-state index in [0.717, 1.165) is 102 Å². The Kier molecular flexibility index (Phi) is 20.9. The number of benzene rings is 15. The lowest BCUT2D eigenvalue weighted by molar-refractivity contribution is 0.590. The minimum absolute atomic E-state index is 0.136. The van der Waals surface area contributed by atoms with Crippen LogP contribution in [0.2, 0.25) is 39.3 Å². The highest BCUT2D eigenvalue weighted by atomic mass is 28.3. The van der Waals surface area contributed by atoms with Gasteiger partial charge >= 0.3 is 0 Å². The Morgan fingerprint density at radius 3 is 0.632 bits per heavy atom. The van der Waals surface area contributed by atoms with E-state index < -0.39 is 16.1 Å². The molecule has 0 saturated heterocycles. The molecule has 12 heteroatoms. The van der Waals surface area contributed by atoms with Gasteiger partial charge < -0.3 is 34.3 Å². The minimum atomic E-state index is -1.79. The first-order chi connectivity index (χ1) is 64.2.